The highest BCUT2D eigenvalue weighted by atomic mass is 16.3. The minimum atomic E-state index is -0.590. The van der Waals surface area contributed by atoms with Crippen LogP contribution in [0.15, 0.2) is 49.2 Å². The molecule has 102 valence electrons. The molecule has 0 aliphatic heterocycles. The molecule has 3 aromatic rings. The largest absolute Gasteiger partial charge is 0.387 e. The van der Waals surface area contributed by atoms with E-state index in [1.807, 2.05) is 35.0 Å². The topological polar surface area (TPSA) is 68.8 Å². The Morgan fingerprint density at radius 3 is 2.65 bits per heavy atom. The summed E-state index contributed by atoms with van der Waals surface area (Å²) >= 11 is 0. The van der Waals surface area contributed by atoms with Crippen LogP contribution in [-0.2, 0) is 6.54 Å². The van der Waals surface area contributed by atoms with Gasteiger partial charge in [0, 0.05) is 18.1 Å². The molecule has 0 amide bonds. The molecule has 1 aromatic carbocycles. The second-order valence-corrected chi connectivity index (χ2v) is 4.65. The van der Waals surface area contributed by atoms with E-state index in [1.165, 1.54) is 0 Å². The maximum atomic E-state index is 9.42. The van der Waals surface area contributed by atoms with Gasteiger partial charge in [-0.25, -0.2) is 9.67 Å². The summed E-state index contributed by atoms with van der Waals surface area (Å²) in [6.07, 6.45) is 6.59. The first-order chi connectivity index (χ1) is 9.72. The van der Waals surface area contributed by atoms with Crippen molar-refractivity contribution in [3.63, 3.8) is 0 Å². The molecular formula is C14H15N5O. The van der Waals surface area contributed by atoms with E-state index in [-0.39, 0.29) is 0 Å². The van der Waals surface area contributed by atoms with Crippen LogP contribution in [-0.4, -0.2) is 29.7 Å². The molecule has 20 heavy (non-hydrogen) atoms. The zero-order valence-electron chi connectivity index (χ0n) is 11.1. The van der Waals surface area contributed by atoms with Gasteiger partial charge in [-0.1, -0.05) is 17.3 Å². The molecule has 0 spiro atoms. The van der Waals surface area contributed by atoms with Gasteiger partial charge in [0.25, 0.3) is 0 Å². The third-order valence-corrected chi connectivity index (χ3v) is 3.07. The fourth-order valence-corrected chi connectivity index (χ4v) is 1.95. The van der Waals surface area contributed by atoms with E-state index >= 15 is 0 Å². The first-order valence-electron chi connectivity index (χ1n) is 6.38. The van der Waals surface area contributed by atoms with Gasteiger partial charge in [-0.05, 0) is 24.6 Å². The Bertz CT molecular complexity index is 670. The summed E-state index contributed by atoms with van der Waals surface area (Å²) in [4.78, 5) is 4.02. The van der Waals surface area contributed by atoms with Crippen molar-refractivity contribution in [3.05, 3.63) is 60.4 Å². The quantitative estimate of drug-likeness (QED) is 0.780. The number of rotatable bonds is 4. The van der Waals surface area contributed by atoms with Gasteiger partial charge in [-0.3, -0.25) is 0 Å². The molecule has 0 saturated carbocycles. The minimum absolute atomic E-state index is 0.583. The van der Waals surface area contributed by atoms with Crippen molar-refractivity contribution in [2.45, 2.75) is 19.6 Å². The van der Waals surface area contributed by atoms with Crippen molar-refractivity contribution in [1.82, 2.24) is 24.5 Å². The van der Waals surface area contributed by atoms with E-state index in [2.05, 4.69) is 15.3 Å². The van der Waals surface area contributed by atoms with Crippen LogP contribution in [0.2, 0.25) is 0 Å². The van der Waals surface area contributed by atoms with Crippen LogP contribution in [0.4, 0.5) is 0 Å². The second kappa shape index (κ2) is 5.26. The number of aromatic nitrogens is 5. The summed E-state index contributed by atoms with van der Waals surface area (Å²) in [5, 5.41) is 17.3. The van der Waals surface area contributed by atoms with E-state index in [9.17, 15) is 5.11 Å². The third-order valence-electron chi connectivity index (χ3n) is 3.07. The molecule has 6 heteroatoms. The zero-order valence-corrected chi connectivity index (χ0v) is 11.1. The van der Waals surface area contributed by atoms with Gasteiger partial charge in [0.05, 0.1) is 25.2 Å². The summed E-state index contributed by atoms with van der Waals surface area (Å²) in [6, 6.07) is 8.14. The Morgan fingerprint density at radius 2 is 2.05 bits per heavy atom. The number of hydrogen-bond donors (Lipinski definition) is 1. The maximum absolute atomic E-state index is 9.42. The second-order valence-electron chi connectivity index (χ2n) is 4.65. The molecule has 1 N–H and O–H groups in total. The first kappa shape index (κ1) is 12.6. The molecular weight excluding hydrogens is 254 g/mol. The van der Waals surface area contributed by atoms with Crippen LogP contribution in [0, 0.1) is 0 Å². The molecule has 3 rings (SSSR count). The monoisotopic (exact) mass is 269 g/mol. The summed E-state index contributed by atoms with van der Waals surface area (Å²) in [6.45, 7) is 2.30. The van der Waals surface area contributed by atoms with Crippen LogP contribution in [0.5, 0.6) is 0 Å². The lowest BCUT2D eigenvalue weighted by atomic mass is 10.2. The van der Waals surface area contributed by atoms with Crippen LogP contribution in [0.1, 0.15) is 24.3 Å². The average molecular weight is 269 g/mol. The fourth-order valence-electron chi connectivity index (χ4n) is 1.95. The molecule has 2 aromatic heterocycles. The number of hydrogen-bond acceptors (Lipinski definition) is 4. The minimum Gasteiger partial charge on any atom is -0.387 e. The number of imidazole rings is 1. The van der Waals surface area contributed by atoms with Crippen LogP contribution >= 0.6 is 0 Å². The van der Waals surface area contributed by atoms with E-state index in [4.69, 9.17) is 0 Å². The average Bonchev–Trinajstić information content (AvgIpc) is 3.10. The van der Waals surface area contributed by atoms with Crippen LogP contribution < -0.4 is 0 Å². The highest BCUT2D eigenvalue weighted by Gasteiger charge is 2.06. The van der Waals surface area contributed by atoms with Crippen LogP contribution in [0.3, 0.4) is 0 Å². The number of benzene rings is 1. The van der Waals surface area contributed by atoms with Gasteiger partial charge < -0.3 is 9.67 Å². The Morgan fingerprint density at radius 1 is 1.25 bits per heavy atom. The molecule has 0 bridgehead atoms. The number of aliphatic hydroxyl groups excluding tert-OH is 1. The van der Waals surface area contributed by atoms with Crippen molar-refractivity contribution in [1.29, 1.82) is 0 Å². The number of aliphatic hydroxyl groups is 1. The predicted octanol–water partition coefficient (Wildman–Crippen LogP) is 1.57. The van der Waals surface area contributed by atoms with Gasteiger partial charge in [-0.15, -0.1) is 5.10 Å². The summed E-state index contributed by atoms with van der Waals surface area (Å²) in [5.41, 5.74) is 2.77. The Hall–Kier alpha value is -2.47. The Kier molecular flexibility index (Phi) is 3.30. The summed E-state index contributed by atoms with van der Waals surface area (Å²) in [7, 11) is 0. The Labute approximate surface area is 116 Å². The van der Waals surface area contributed by atoms with Crippen molar-refractivity contribution in [2.24, 2.45) is 0 Å². The van der Waals surface area contributed by atoms with Crippen LogP contribution in [0.25, 0.3) is 5.69 Å². The molecule has 0 aliphatic carbocycles. The van der Waals surface area contributed by atoms with Crippen molar-refractivity contribution >= 4 is 0 Å². The molecule has 0 fully saturated rings. The van der Waals surface area contributed by atoms with E-state index in [1.54, 1.807) is 30.3 Å². The molecule has 0 aliphatic rings. The first-order valence-corrected chi connectivity index (χ1v) is 6.38. The molecule has 6 nitrogen and oxygen atoms in total. The van der Waals surface area contributed by atoms with Gasteiger partial charge >= 0.3 is 0 Å². The van der Waals surface area contributed by atoms with Gasteiger partial charge in [0.2, 0.25) is 0 Å². The highest BCUT2D eigenvalue weighted by Crippen LogP contribution is 2.11. The maximum Gasteiger partial charge on any atom is 0.111 e. The lowest BCUT2D eigenvalue weighted by Crippen LogP contribution is -2.01. The zero-order chi connectivity index (χ0) is 13.9. The SMILES string of the molecule is CC(O)c1cn(Cc2ccc(-n3ccnc3)cc2)nn1. The summed E-state index contributed by atoms with van der Waals surface area (Å²) in [5.74, 6) is 0. The number of nitrogens with zero attached hydrogens (tertiary/aromatic N) is 5. The van der Waals surface area contributed by atoms with Gasteiger partial charge in [0.15, 0.2) is 0 Å². The fraction of sp³-hybridized carbons (Fsp3) is 0.214. The van der Waals surface area contributed by atoms with Crippen molar-refractivity contribution in [2.75, 3.05) is 0 Å². The smallest absolute Gasteiger partial charge is 0.111 e. The van der Waals surface area contributed by atoms with Crippen molar-refractivity contribution < 1.29 is 5.11 Å². The third kappa shape index (κ3) is 2.60. The predicted molar refractivity (Wildman–Crippen MR) is 73.3 cm³/mol. The lowest BCUT2D eigenvalue weighted by Gasteiger charge is -2.04. The normalized spacial score (nSPS) is 12.5. The summed E-state index contributed by atoms with van der Waals surface area (Å²) < 4.78 is 3.67. The molecule has 0 saturated heterocycles. The van der Waals surface area contributed by atoms with Crippen molar-refractivity contribution in [3.8, 4) is 5.69 Å². The van der Waals surface area contributed by atoms with Gasteiger partial charge in [-0.2, -0.15) is 0 Å². The van der Waals surface area contributed by atoms with Gasteiger partial charge in [0.1, 0.15) is 5.69 Å². The van der Waals surface area contributed by atoms with E-state index < -0.39 is 6.10 Å². The molecule has 1 atom stereocenters. The standard InChI is InChI=1S/C14H15N5O/c1-11(20)14-9-19(17-16-14)8-12-2-4-13(5-3-12)18-7-6-15-10-18/h2-7,9-11,20H,8H2,1H3. The van der Waals surface area contributed by atoms with E-state index in [0.29, 0.717) is 12.2 Å². The molecule has 1 unspecified atom stereocenters. The molecule has 0 radical (unpaired) electrons. The lowest BCUT2D eigenvalue weighted by molar-refractivity contribution is 0.194. The molecule has 2 heterocycles. The van der Waals surface area contributed by atoms with E-state index in [0.717, 1.165) is 11.3 Å². The Balaban J connectivity index is 1.74. The highest BCUT2D eigenvalue weighted by molar-refractivity contribution is 5.34.